The third-order valence-electron chi connectivity index (χ3n) is 5.13. The van der Waals surface area contributed by atoms with Gasteiger partial charge < -0.3 is 9.80 Å². The molecule has 0 aliphatic carbocycles. The number of halogens is 4. The quantitative estimate of drug-likeness (QED) is 0.536. The number of hydrogen-bond acceptors (Lipinski definition) is 3. The first-order valence-corrected chi connectivity index (χ1v) is 9.49. The second-order valence-corrected chi connectivity index (χ2v) is 7.51. The van der Waals surface area contributed by atoms with E-state index in [0.717, 1.165) is 6.07 Å². The average molecular weight is 425 g/mol. The molecule has 0 spiro atoms. The molecule has 0 aromatic heterocycles. The van der Waals surface area contributed by atoms with Gasteiger partial charge in [-0.05, 0) is 50.1 Å². The number of carbonyl (C=O) groups is 2. The van der Waals surface area contributed by atoms with Gasteiger partial charge >= 0.3 is 0 Å². The van der Waals surface area contributed by atoms with Gasteiger partial charge in [0.2, 0.25) is 0 Å². The van der Waals surface area contributed by atoms with E-state index in [-0.39, 0.29) is 29.5 Å². The van der Waals surface area contributed by atoms with Crippen molar-refractivity contribution in [2.75, 3.05) is 31.1 Å². The van der Waals surface area contributed by atoms with E-state index in [1.165, 1.54) is 24.8 Å². The molecule has 1 amide bonds. The third kappa shape index (κ3) is 3.96. The molecule has 2 aromatic rings. The van der Waals surface area contributed by atoms with Crippen LogP contribution in [0.3, 0.4) is 0 Å². The van der Waals surface area contributed by atoms with Gasteiger partial charge in [0.25, 0.3) is 5.91 Å². The molecule has 1 aliphatic rings. The molecule has 2 aromatic carbocycles. The minimum atomic E-state index is -1.27. The number of nitrogens with zero attached hydrogens (tertiary/aromatic N) is 2. The highest BCUT2D eigenvalue weighted by Crippen LogP contribution is 2.29. The second kappa shape index (κ2) is 8.06. The Morgan fingerprint density at radius 2 is 1.55 bits per heavy atom. The molecule has 1 aliphatic heterocycles. The molecule has 8 heteroatoms. The van der Waals surface area contributed by atoms with Gasteiger partial charge in [-0.15, -0.1) is 0 Å². The largest absolute Gasteiger partial charge is 0.366 e. The zero-order valence-electron chi connectivity index (χ0n) is 16.3. The van der Waals surface area contributed by atoms with Gasteiger partial charge in [0, 0.05) is 31.7 Å². The maximum atomic E-state index is 14.5. The molecule has 0 atom stereocenters. The number of carbonyl (C=O) groups excluding carboxylic acids is 2. The van der Waals surface area contributed by atoms with E-state index in [2.05, 4.69) is 0 Å². The summed E-state index contributed by atoms with van der Waals surface area (Å²) in [5.41, 5.74) is 1.12. The van der Waals surface area contributed by atoms with Crippen LogP contribution in [0.15, 0.2) is 18.2 Å². The number of amides is 1. The van der Waals surface area contributed by atoms with Crippen LogP contribution in [-0.4, -0.2) is 42.8 Å². The molecule has 1 heterocycles. The number of ketones is 1. The van der Waals surface area contributed by atoms with E-state index >= 15 is 0 Å². The highest BCUT2D eigenvalue weighted by molar-refractivity contribution is 6.34. The lowest BCUT2D eigenvalue weighted by molar-refractivity contribution is 0.0740. The monoisotopic (exact) mass is 424 g/mol. The van der Waals surface area contributed by atoms with Crippen molar-refractivity contribution in [2.45, 2.75) is 20.8 Å². The summed E-state index contributed by atoms with van der Waals surface area (Å²) in [6.45, 7) is 5.59. The van der Waals surface area contributed by atoms with E-state index in [1.54, 1.807) is 17.9 Å². The smallest absolute Gasteiger partial charge is 0.258 e. The summed E-state index contributed by atoms with van der Waals surface area (Å²) in [5.74, 6) is -3.83. The predicted molar refractivity (Wildman–Crippen MR) is 105 cm³/mol. The number of anilines is 1. The van der Waals surface area contributed by atoms with Crippen molar-refractivity contribution in [3.05, 3.63) is 62.9 Å². The summed E-state index contributed by atoms with van der Waals surface area (Å²) in [6, 6.07) is 3.77. The van der Waals surface area contributed by atoms with Crippen LogP contribution in [0.5, 0.6) is 0 Å². The lowest BCUT2D eigenvalue weighted by atomic mass is 10.0. The molecule has 29 heavy (non-hydrogen) atoms. The highest BCUT2D eigenvalue weighted by atomic mass is 35.5. The van der Waals surface area contributed by atoms with Gasteiger partial charge in [0.1, 0.15) is 5.82 Å². The van der Waals surface area contributed by atoms with Crippen molar-refractivity contribution < 1.29 is 22.8 Å². The number of aryl methyl sites for hydroxylation is 2. The van der Waals surface area contributed by atoms with Gasteiger partial charge in [-0.25, -0.2) is 13.2 Å². The van der Waals surface area contributed by atoms with Crippen molar-refractivity contribution >= 4 is 29.0 Å². The van der Waals surface area contributed by atoms with Crippen LogP contribution in [0, 0.1) is 31.3 Å². The van der Waals surface area contributed by atoms with Crippen molar-refractivity contribution in [3.63, 3.8) is 0 Å². The molecule has 3 rings (SSSR count). The standard InChI is InChI=1S/C21H20ClF3N2O2/c1-11-9-17(15(23)10-14(11)13(3)28)26-4-6-27(7-5-26)21(29)18-19(22)12(2)8-16(24)20(18)25/h8-10H,4-7H2,1-3H3. The Hall–Kier alpha value is -2.54. The summed E-state index contributed by atoms with van der Waals surface area (Å²) in [7, 11) is 0. The Bertz CT molecular complexity index is 976. The number of hydrogen-bond donors (Lipinski definition) is 0. The lowest BCUT2D eigenvalue weighted by Crippen LogP contribution is -2.49. The minimum absolute atomic E-state index is 0.113. The zero-order valence-corrected chi connectivity index (χ0v) is 17.0. The van der Waals surface area contributed by atoms with Crippen LogP contribution in [0.25, 0.3) is 0 Å². The first-order chi connectivity index (χ1) is 13.6. The Morgan fingerprint density at radius 1 is 0.931 bits per heavy atom. The van der Waals surface area contributed by atoms with Crippen LogP contribution in [0.4, 0.5) is 18.9 Å². The van der Waals surface area contributed by atoms with Gasteiger partial charge in [0.15, 0.2) is 17.4 Å². The van der Waals surface area contributed by atoms with E-state index in [4.69, 9.17) is 11.6 Å². The summed E-state index contributed by atoms with van der Waals surface area (Å²) >= 11 is 6.05. The number of Topliss-reactive ketones (excluding diaryl/α,β-unsaturated/α-hetero) is 1. The van der Waals surface area contributed by atoms with E-state index in [0.29, 0.717) is 29.9 Å². The molecule has 0 unspecified atom stereocenters. The molecule has 154 valence electrons. The Labute approximate surface area is 171 Å². The van der Waals surface area contributed by atoms with Crippen LogP contribution in [-0.2, 0) is 0 Å². The fourth-order valence-corrected chi connectivity index (χ4v) is 3.73. The summed E-state index contributed by atoms with van der Waals surface area (Å²) < 4.78 is 42.4. The van der Waals surface area contributed by atoms with E-state index < -0.39 is 28.9 Å². The molecule has 0 saturated carbocycles. The lowest BCUT2D eigenvalue weighted by Gasteiger charge is -2.36. The van der Waals surface area contributed by atoms with Crippen molar-refractivity contribution in [1.82, 2.24) is 4.90 Å². The zero-order chi connectivity index (χ0) is 21.5. The molecule has 1 fully saturated rings. The predicted octanol–water partition coefficient (Wildman–Crippen LogP) is 4.54. The maximum absolute atomic E-state index is 14.5. The van der Waals surface area contributed by atoms with Crippen molar-refractivity contribution in [3.8, 4) is 0 Å². The van der Waals surface area contributed by atoms with Crippen molar-refractivity contribution in [2.24, 2.45) is 0 Å². The van der Waals surface area contributed by atoms with Gasteiger partial charge in [-0.3, -0.25) is 9.59 Å². The summed E-state index contributed by atoms with van der Waals surface area (Å²) in [4.78, 5) is 27.4. The van der Waals surface area contributed by atoms with Gasteiger partial charge in [-0.2, -0.15) is 0 Å². The number of benzene rings is 2. The van der Waals surface area contributed by atoms with Crippen molar-refractivity contribution in [1.29, 1.82) is 0 Å². The average Bonchev–Trinajstić information content (AvgIpc) is 2.68. The Kier molecular flexibility index (Phi) is 5.89. The molecule has 1 saturated heterocycles. The third-order valence-corrected chi connectivity index (χ3v) is 5.62. The summed E-state index contributed by atoms with van der Waals surface area (Å²) in [5, 5.41) is -0.113. The number of piperazine rings is 1. The summed E-state index contributed by atoms with van der Waals surface area (Å²) in [6.07, 6.45) is 0. The first kappa shape index (κ1) is 21.2. The fraction of sp³-hybridized carbons (Fsp3) is 0.333. The first-order valence-electron chi connectivity index (χ1n) is 9.11. The van der Waals surface area contributed by atoms with E-state index in [9.17, 15) is 22.8 Å². The van der Waals surface area contributed by atoms with Gasteiger partial charge in [0.05, 0.1) is 16.3 Å². The molecule has 0 radical (unpaired) electrons. The van der Waals surface area contributed by atoms with Crippen LogP contribution in [0.2, 0.25) is 5.02 Å². The van der Waals surface area contributed by atoms with E-state index in [1.807, 2.05) is 0 Å². The Morgan fingerprint density at radius 3 is 2.14 bits per heavy atom. The molecular weight excluding hydrogens is 405 g/mol. The minimum Gasteiger partial charge on any atom is -0.366 e. The molecular formula is C21H20ClF3N2O2. The SMILES string of the molecule is CC(=O)c1cc(F)c(N2CCN(C(=O)c3c(F)c(F)cc(C)c3Cl)CC2)cc1C. The topological polar surface area (TPSA) is 40.6 Å². The molecule has 4 nitrogen and oxygen atoms in total. The maximum Gasteiger partial charge on any atom is 0.258 e. The molecule has 0 bridgehead atoms. The van der Waals surface area contributed by atoms with Crippen LogP contribution in [0.1, 0.15) is 38.8 Å². The van der Waals surface area contributed by atoms with Crippen LogP contribution >= 0.6 is 11.6 Å². The fourth-order valence-electron chi connectivity index (χ4n) is 3.51. The second-order valence-electron chi connectivity index (χ2n) is 7.13. The number of rotatable bonds is 3. The Balaban J connectivity index is 1.79. The highest BCUT2D eigenvalue weighted by Gasteiger charge is 2.29. The molecule has 0 N–H and O–H groups in total. The van der Waals surface area contributed by atoms with Gasteiger partial charge in [-0.1, -0.05) is 11.6 Å². The normalized spacial score (nSPS) is 14.3. The van der Waals surface area contributed by atoms with Crippen LogP contribution < -0.4 is 4.90 Å².